The standard InChI is InChI=1S/C13H24N4O2/c1-3-5-11-16-12(14-4-2)10-13(17-11)15-6-8-19-9-7-18/h10,18H,3-9H2,1-2H3,(H2,14,15,16,17). The summed E-state index contributed by atoms with van der Waals surface area (Å²) in [5.74, 6) is 2.50. The van der Waals surface area contributed by atoms with Crippen molar-refractivity contribution in [3.05, 3.63) is 11.9 Å². The molecule has 0 aliphatic carbocycles. The van der Waals surface area contributed by atoms with Gasteiger partial charge in [0.1, 0.15) is 17.5 Å². The molecule has 0 aliphatic heterocycles. The van der Waals surface area contributed by atoms with Crippen LogP contribution in [0.2, 0.25) is 0 Å². The van der Waals surface area contributed by atoms with E-state index in [0.717, 1.165) is 36.8 Å². The van der Waals surface area contributed by atoms with E-state index in [1.807, 2.05) is 13.0 Å². The third-order valence-corrected chi connectivity index (χ3v) is 2.39. The molecule has 3 N–H and O–H groups in total. The molecule has 1 heterocycles. The maximum absolute atomic E-state index is 8.60. The number of nitrogens with one attached hydrogen (secondary N) is 2. The quantitative estimate of drug-likeness (QED) is 0.555. The van der Waals surface area contributed by atoms with Gasteiger partial charge in [-0.15, -0.1) is 0 Å². The molecule has 0 bridgehead atoms. The van der Waals surface area contributed by atoms with Gasteiger partial charge in [0.2, 0.25) is 0 Å². The molecule has 0 unspecified atom stereocenters. The summed E-state index contributed by atoms with van der Waals surface area (Å²) in [6.07, 6.45) is 1.89. The number of aliphatic hydroxyl groups excluding tert-OH is 1. The van der Waals surface area contributed by atoms with Crippen molar-refractivity contribution >= 4 is 11.6 Å². The molecule has 0 aromatic carbocycles. The van der Waals surface area contributed by atoms with Crippen molar-refractivity contribution in [2.75, 3.05) is 43.5 Å². The average Bonchev–Trinajstić information content (AvgIpc) is 2.39. The topological polar surface area (TPSA) is 79.3 Å². The lowest BCUT2D eigenvalue weighted by Gasteiger charge is -2.10. The van der Waals surface area contributed by atoms with Crippen molar-refractivity contribution in [2.24, 2.45) is 0 Å². The number of anilines is 2. The summed E-state index contributed by atoms with van der Waals surface area (Å²) in [4.78, 5) is 8.90. The Kier molecular flexibility index (Phi) is 7.84. The molecular formula is C13H24N4O2. The maximum Gasteiger partial charge on any atom is 0.133 e. The number of nitrogens with zero attached hydrogens (tertiary/aromatic N) is 2. The second kappa shape index (κ2) is 9.52. The predicted molar refractivity (Wildman–Crippen MR) is 76.6 cm³/mol. The van der Waals surface area contributed by atoms with E-state index in [1.165, 1.54) is 0 Å². The zero-order valence-corrected chi connectivity index (χ0v) is 11.8. The molecule has 0 aliphatic rings. The molecule has 19 heavy (non-hydrogen) atoms. The number of aliphatic hydroxyl groups is 1. The van der Waals surface area contributed by atoms with Crippen molar-refractivity contribution in [3.63, 3.8) is 0 Å². The SMILES string of the molecule is CCCc1nc(NCC)cc(NCCOCCO)n1. The Morgan fingerprint density at radius 2 is 1.89 bits per heavy atom. The number of aryl methyl sites for hydroxylation is 1. The fourth-order valence-corrected chi connectivity index (χ4v) is 1.61. The lowest BCUT2D eigenvalue weighted by Crippen LogP contribution is -2.13. The van der Waals surface area contributed by atoms with Crippen molar-refractivity contribution in [3.8, 4) is 0 Å². The van der Waals surface area contributed by atoms with Gasteiger partial charge >= 0.3 is 0 Å². The van der Waals surface area contributed by atoms with Gasteiger partial charge in [-0.2, -0.15) is 0 Å². The van der Waals surface area contributed by atoms with Crippen LogP contribution in [0.3, 0.4) is 0 Å². The smallest absolute Gasteiger partial charge is 0.133 e. The van der Waals surface area contributed by atoms with Crippen LogP contribution in [0.5, 0.6) is 0 Å². The summed E-state index contributed by atoms with van der Waals surface area (Å²) in [6, 6.07) is 1.90. The Morgan fingerprint density at radius 1 is 1.16 bits per heavy atom. The van der Waals surface area contributed by atoms with Gasteiger partial charge in [0.15, 0.2) is 0 Å². The minimum atomic E-state index is 0.0543. The highest BCUT2D eigenvalue weighted by Gasteiger charge is 2.03. The van der Waals surface area contributed by atoms with Crippen molar-refractivity contribution in [1.82, 2.24) is 9.97 Å². The van der Waals surface area contributed by atoms with Crippen molar-refractivity contribution < 1.29 is 9.84 Å². The van der Waals surface area contributed by atoms with Crippen LogP contribution in [-0.4, -0.2) is 48.0 Å². The fourth-order valence-electron chi connectivity index (χ4n) is 1.61. The average molecular weight is 268 g/mol. The summed E-state index contributed by atoms with van der Waals surface area (Å²) in [5, 5.41) is 15.0. The van der Waals surface area contributed by atoms with E-state index in [4.69, 9.17) is 9.84 Å². The molecule has 6 nitrogen and oxygen atoms in total. The predicted octanol–water partition coefficient (Wildman–Crippen LogP) is 1.28. The zero-order chi connectivity index (χ0) is 13.9. The summed E-state index contributed by atoms with van der Waals surface area (Å²) in [7, 11) is 0. The zero-order valence-electron chi connectivity index (χ0n) is 11.8. The minimum absolute atomic E-state index is 0.0543. The van der Waals surface area contributed by atoms with E-state index >= 15 is 0 Å². The highest BCUT2D eigenvalue weighted by molar-refractivity contribution is 5.47. The number of hydrogen-bond donors (Lipinski definition) is 3. The molecule has 1 rings (SSSR count). The lowest BCUT2D eigenvalue weighted by atomic mass is 10.3. The Bertz CT molecular complexity index is 336. The van der Waals surface area contributed by atoms with Crippen LogP contribution < -0.4 is 10.6 Å². The van der Waals surface area contributed by atoms with Crippen LogP contribution in [0.25, 0.3) is 0 Å². The van der Waals surface area contributed by atoms with Crippen molar-refractivity contribution in [2.45, 2.75) is 26.7 Å². The van der Waals surface area contributed by atoms with Crippen LogP contribution in [0.15, 0.2) is 6.07 Å². The van der Waals surface area contributed by atoms with Crippen LogP contribution in [-0.2, 0) is 11.2 Å². The number of ether oxygens (including phenoxy) is 1. The molecule has 0 amide bonds. The van der Waals surface area contributed by atoms with Crippen LogP contribution >= 0.6 is 0 Å². The molecule has 1 aromatic heterocycles. The second-order valence-corrected chi connectivity index (χ2v) is 4.10. The van der Waals surface area contributed by atoms with Gasteiger partial charge in [0.25, 0.3) is 0 Å². The molecule has 0 saturated heterocycles. The molecule has 1 aromatic rings. The third-order valence-electron chi connectivity index (χ3n) is 2.39. The Morgan fingerprint density at radius 3 is 2.53 bits per heavy atom. The maximum atomic E-state index is 8.60. The summed E-state index contributed by atoms with van der Waals surface area (Å²) < 4.78 is 5.19. The highest BCUT2D eigenvalue weighted by atomic mass is 16.5. The second-order valence-electron chi connectivity index (χ2n) is 4.10. The van der Waals surface area contributed by atoms with E-state index < -0.39 is 0 Å². The van der Waals surface area contributed by atoms with Gasteiger partial charge in [-0.3, -0.25) is 0 Å². The Balaban J connectivity index is 2.54. The normalized spacial score (nSPS) is 10.5. The van der Waals surface area contributed by atoms with Gasteiger partial charge in [-0.1, -0.05) is 6.92 Å². The monoisotopic (exact) mass is 268 g/mol. The van der Waals surface area contributed by atoms with E-state index in [-0.39, 0.29) is 6.61 Å². The Labute approximate surface area is 114 Å². The number of rotatable bonds is 10. The summed E-state index contributed by atoms with van der Waals surface area (Å²) >= 11 is 0. The van der Waals surface area contributed by atoms with E-state index in [0.29, 0.717) is 19.8 Å². The van der Waals surface area contributed by atoms with E-state index in [2.05, 4.69) is 27.5 Å². The molecule has 0 radical (unpaired) electrons. The van der Waals surface area contributed by atoms with Gasteiger partial charge in [-0.05, 0) is 13.3 Å². The largest absolute Gasteiger partial charge is 0.394 e. The van der Waals surface area contributed by atoms with Crippen molar-refractivity contribution in [1.29, 1.82) is 0 Å². The highest BCUT2D eigenvalue weighted by Crippen LogP contribution is 2.12. The summed E-state index contributed by atoms with van der Waals surface area (Å²) in [5.41, 5.74) is 0. The number of hydrogen-bond acceptors (Lipinski definition) is 6. The van der Waals surface area contributed by atoms with Gasteiger partial charge in [-0.25, -0.2) is 9.97 Å². The number of aromatic nitrogens is 2. The van der Waals surface area contributed by atoms with E-state index in [1.54, 1.807) is 0 Å². The summed E-state index contributed by atoms with van der Waals surface area (Å²) in [6.45, 7) is 6.62. The van der Waals surface area contributed by atoms with Crippen LogP contribution in [0.4, 0.5) is 11.6 Å². The fraction of sp³-hybridized carbons (Fsp3) is 0.692. The first-order valence-corrected chi connectivity index (χ1v) is 6.84. The molecule has 0 spiro atoms. The molecule has 0 atom stereocenters. The molecule has 0 fully saturated rings. The van der Waals surface area contributed by atoms with Gasteiger partial charge in [0.05, 0.1) is 19.8 Å². The lowest BCUT2D eigenvalue weighted by molar-refractivity contribution is 0.0992. The molecule has 0 saturated carbocycles. The first-order chi connectivity index (χ1) is 9.30. The van der Waals surface area contributed by atoms with Crippen LogP contribution in [0.1, 0.15) is 26.1 Å². The van der Waals surface area contributed by atoms with Gasteiger partial charge in [0, 0.05) is 25.6 Å². The van der Waals surface area contributed by atoms with E-state index in [9.17, 15) is 0 Å². The van der Waals surface area contributed by atoms with Gasteiger partial charge < -0.3 is 20.5 Å². The minimum Gasteiger partial charge on any atom is -0.394 e. The Hall–Kier alpha value is -1.40. The first kappa shape index (κ1) is 15.7. The molecule has 108 valence electrons. The molecule has 6 heteroatoms. The first-order valence-electron chi connectivity index (χ1n) is 6.84. The molecular weight excluding hydrogens is 244 g/mol. The van der Waals surface area contributed by atoms with Crippen LogP contribution in [0, 0.1) is 0 Å². The third kappa shape index (κ3) is 6.35.